The second-order valence-electron chi connectivity index (χ2n) is 3.21. The second-order valence-corrected chi connectivity index (χ2v) is 3.21. The summed E-state index contributed by atoms with van der Waals surface area (Å²) in [6.07, 6.45) is 2.17. The van der Waals surface area contributed by atoms with Gasteiger partial charge in [-0.15, -0.1) is 0 Å². The Kier molecular flexibility index (Phi) is 10.9. The molecule has 0 aliphatic rings. The lowest BCUT2D eigenvalue weighted by molar-refractivity contribution is -0.124. The lowest BCUT2D eigenvalue weighted by Crippen LogP contribution is -2.30. The summed E-state index contributed by atoms with van der Waals surface area (Å²) >= 11 is 0. The van der Waals surface area contributed by atoms with E-state index in [0.29, 0.717) is 13.2 Å². The lowest BCUT2D eigenvalue weighted by Gasteiger charge is -2.05. The third kappa shape index (κ3) is 11.3. The summed E-state index contributed by atoms with van der Waals surface area (Å²) in [4.78, 5) is 10.9. The molecule has 2 N–H and O–H groups in total. The van der Waals surface area contributed by atoms with Gasteiger partial charge in [-0.3, -0.25) is 4.79 Å². The fraction of sp³-hybridized carbons (Fsp3) is 0.900. The van der Waals surface area contributed by atoms with Crippen LogP contribution in [0.2, 0.25) is 0 Å². The van der Waals surface area contributed by atoms with Gasteiger partial charge in [0.15, 0.2) is 0 Å². The molecule has 0 aliphatic carbocycles. The average Bonchev–Trinajstić information content (AvgIpc) is 2.22. The molecule has 0 saturated carbocycles. The molecule has 0 saturated heterocycles. The minimum absolute atomic E-state index is 0.101. The Hall–Kier alpha value is -0.650. The first-order valence-electron chi connectivity index (χ1n) is 5.29. The zero-order valence-corrected chi connectivity index (χ0v) is 9.67. The Morgan fingerprint density at radius 2 is 2.00 bits per heavy atom. The molecule has 15 heavy (non-hydrogen) atoms. The molecule has 5 nitrogen and oxygen atoms in total. The molecule has 0 radical (unpaired) electrons. The first kappa shape index (κ1) is 14.3. The number of hydrogen-bond donors (Lipinski definition) is 2. The maximum atomic E-state index is 10.9. The minimum Gasteiger partial charge on any atom is -0.380 e. The summed E-state index contributed by atoms with van der Waals surface area (Å²) in [6, 6.07) is 0. The van der Waals surface area contributed by atoms with E-state index in [2.05, 4.69) is 15.4 Å². The number of amides is 1. The van der Waals surface area contributed by atoms with Crippen molar-refractivity contribution in [3.05, 3.63) is 0 Å². The predicted octanol–water partition coefficient (Wildman–Crippen LogP) is -0.235. The van der Waals surface area contributed by atoms with E-state index < -0.39 is 0 Å². The summed E-state index contributed by atoms with van der Waals surface area (Å²) in [5.74, 6) is -0.101. The molecule has 0 unspecified atom stereocenters. The van der Waals surface area contributed by atoms with Gasteiger partial charge in [-0.2, -0.15) is 0 Å². The summed E-state index contributed by atoms with van der Waals surface area (Å²) < 4.78 is 9.99. The van der Waals surface area contributed by atoms with Gasteiger partial charge in [0.25, 0.3) is 0 Å². The Labute approximate surface area is 91.5 Å². The Morgan fingerprint density at radius 3 is 2.67 bits per heavy atom. The summed E-state index contributed by atoms with van der Waals surface area (Å²) in [6.45, 7) is 3.00. The van der Waals surface area contributed by atoms with Crippen molar-refractivity contribution in [3.8, 4) is 0 Å². The number of carbonyl (C=O) groups excluding carboxylic acids is 1. The van der Waals surface area contributed by atoms with Crippen LogP contribution in [0.3, 0.4) is 0 Å². The molecular formula is C10H22N2O3. The maximum Gasteiger partial charge on any atom is 0.246 e. The lowest BCUT2D eigenvalue weighted by atomic mass is 10.3. The molecule has 0 aromatic rings. The summed E-state index contributed by atoms with van der Waals surface area (Å²) in [5, 5.41) is 5.76. The Morgan fingerprint density at radius 1 is 1.20 bits per heavy atom. The quantitative estimate of drug-likeness (QED) is 0.497. The molecule has 0 aliphatic heterocycles. The largest absolute Gasteiger partial charge is 0.380 e. The first-order valence-corrected chi connectivity index (χ1v) is 5.29. The van der Waals surface area contributed by atoms with E-state index in [1.54, 1.807) is 0 Å². The standard InChI is InChI=1S/C10H22N2O3/c1-11-5-3-4-7-15-8-6-12-10(13)9-14-2/h11H,3-9H2,1-2H3,(H,12,13). The topological polar surface area (TPSA) is 59.6 Å². The second kappa shape index (κ2) is 11.4. The smallest absolute Gasteiger partial charge is 0.246 e. The fourth-order valence-electron chi connectivity index (χ4n) is 1.05. The third-order valence-electron chi connectivity index (χ3n) is 1.81. The van der Waals surface area contributed by atoms with Crippen molar-refractivity contribution < 1.29 is 14.3 Å². The predicted molar refractivity (Wildman–Crippen MR) is 58.9 cm³/mol. The minimum atomic E-state index is -0.101. The van der Waals surface area contributed by atoms with Gasteiger partial charge < -0.3 is 20.1 Å². The van der Waals surface area contributed by atoms with Crippen molar-refractivity contribution >= 4 is 5.91 Å². The van der Waals surface area contributed by atoms with Crippen molar-refractivity contribution in [1.82, 2.24) is 10.6 Å². The van der Waals surface area contributed by atoms with Crippen molar-refractivity contribution in [2.75, 3.05) is 47.1 Å². The number of ether oxygens (including phenoxy) is 2. The van der Waals surface area contributed by atoms with Crippen molar-refractivity contribution in [2.45, 2.75) is 12.8 Å². The van der Waals surface area contributed by atoms with Crippen molar-refractivity contribution in [3.63, 3.8) is 0 Å². The molecule has 0 atom stereocenters. The van der Waals surface area contributed by atoms with Gasteiger partial charge in [0, 0.05) is 20.3 Å². The Bertz CT molecular complexity index is 154. The van der Waals surface area contributed by atoms with Gasteiger partial charge in [0.2, 0.25) is 5.91 Å². The van der Waals surface area contributed by atoms with Crippen LogP contribution < -0.4 is 10.6 Å². The molecule has 0 rings (SSSR count). The van der Waals surface area contributed by atoms with E-state index >= 15 is 0 Å². The zero-order valence-electron chi connectivity index (χ0n) is 9.67. The number of hydrogen-bond acceptors (Lipinski definition) is 4. The molecule has 5 heteroatoms. The number of unbranched alkanes of at least 4 members (excludes halogenated alkanes) is 1. The molecule has 0 aromatic carbocycles. The van der Waals surface area contributed by atoms with E-state index in [0.717, 1.165) is 26.0 Å². The zero-order chi connectivity index (χ0) is 11.4. The average molecular weight is 218 g/mol. The SMILES string of the molecule is CNCCCCOCCNC(=O)COC. The van der Waals surface area contributed by atoms with Gasteiger partial charge in [0.1, 0.15) is 6.61 Å². The van der Waals surface area contributed by atoms with Crippen molar-refractivity contribution in [1.29, 1.82) is 0 Å². The number of carbonyl (C=O) groups is 1. The molecule has 0 heterocycles. The number of methoxy groups -OCH3 is 1. The van der Waals surface area contributed by atoms with Crippen LogP contribution in [0.15, 0.2) is 0 Å². The fourth-order valence-corrected chi connectivity index (χ4v) is 1.05. The van der Waals surface area contributed by atoms with Crippen LogP contribution in [-0.2, 0) is 14.3 Å². The van der Waals surface area contributed by atoms with E-state index in [1.807, 2.05) is 7.05 Å². The van der Waals surface area contributed by atoms with Crippen LogP contribution in [0.5, 0.6) is 0 Å². The van der Waals surface area contributed by atoms with Gasteiger partial charge in [-0.25, -0.2) is 0 Å². The van der Waals surface area contributed by atoms with Gasteiger partial charge >= 0.3 is 0 Å². The van der Waals surface area contributed by atoms with Crippen molar-refractivity contribution in [2.24, 2.45) is 0 Å². The highest BCUT2D eigenvalue weighted by Crippen LogP contribution is 1.87. The van der Waals surface area contributed by atoms with Gasteiger partial charge in [-0.05, 0) is 26.4 Å². The highest BCUT2D eigenvalue weighted by Gasteiger charge is 1.97. The van der Waals surface area contributed by atoms with E-state index in [4.69, 9.17) is 4.74 Å². The van der Waals surface area contributed by atoms with E-state index in [-0.39, 0.29) is 12.5 Å². The number of rotatable bonds is 10. The molecule has 90 valence electrons. The van der Waals surface area contributed by atoms with Crippen LogP contribution in [0.1, 0.15) is 12.8 Å². The van der Waals surface area contributed by atoms with Gasteiger partial charge in [-0.1, -0.05) is 0 Å². The van der Waals surface area contributed by atoms with Gasteiger partial charge in [0.05, 0.1) is 6.61 Å². The molecule has 0 fully saturated rings. The first-order chi connectivity index (χ1) is 7.31. The summed E-state index contributed by atoms with van der Waals surface area (Å²) in [7, 11) is 3.43. The van der Waals surface area contributed by atoms with Crippen LogP contribution >= 0.6 is 0 Å². The third-order valence-corrected chi connectivity index (χ3v) is 1.81. The Balaban J connectivity index is 3.01. The normalized spacial score (nSPS) is 10.3. The molecule has 0 bridgehead atoms. The van der Waals surface area contributed by atoms with Crippen LogP contribution in [0, 0.1) is 0 Å². The monoisotopic (exact) mass is 218 g/mol. The maximum absolute atomic E-state index is 10.9. The number of nitrogens with one attached hydrogen (secondary N) is 2. The van der Waals surface area contributed by atoms with Crippen LogP contribution in [0.25, 0.3) is 0 Å². The highest BCUT2D eigenvalue weighted by atomic mass is 16.5. The van der Waals surface area contributed by atoms with E-state index in [9.17, 15) is 4.79 Å². The van der Waals surface area contributed by atoms with E-state index in [1.165, 1.54) is 7.11 Å². The molecule has 0 spiro atoms. The molecule has 1 amide bonds. The summed E-state index contributed by atoms with van der Waals surface area (Å²) in [5.41, 5.74) is 0. The molecular weight excluding hydrogens is 196 g/mol. The molecule has 0 aromatic heterocycles. The van der Waals surface area contributed by atoms with Crippen LogP contribution in [-0.4, -0.2) is 53.0 Å². The highest BCUT2D eigenvalue weighted by molar-refractivity contribution is 5.77. The van der Waals surface area contributed by atoms with Crippen LogP contribution in [0.4, 0.5) is 0 Å².